The van der Waals surface area contributed by atoms with Crippen LogP contribution in [0.1, 0.15) is 10.4 Å². The molecule has 0 aliphatic carbocycles. The Morgan fingerprint density at radius 1 is 1.09 bits per heavy atom. The van der Waals surface area contributed by atoms with Crippen LogP contribution < -0.4 is 9.47 Å². The van der Waals surface area contributed by atoms with E-state index in [0.717, 1.165) is 5.75 Å². The van der Waals surface area contributed by atoms with Gasteiger partial charge in [-0.2, -0.15) is 0 Å². The predicted octanol–water partition coefficient (Wildman–Crippen LogP) is 4.15. The van der Waals surface area contributed by atoms with Gasteiger partial charge in [-0.05, 0) is 42.5 Å². The Hall–Kier alpha value is -1.91. The maximum atomic E-state index is 12.4. The number of halogens is 2. The molecule has 0 saturated carbocycles. The van der Waals surface area contributed by atoms with Gasteiger partial charge in [0.2, 0.25) is 0 Å². The molecule has 0 fully saturated rings. The van der Waals surface area contributed by atoms with Crippen LogP contribution in [0.3, 0.4) is 0 Å². The Morgan fingerprint density at radius 2 is 1.74 bits per heavy atom. The van der Waals surface area contributed by atoms with Crippen LogP contribution in [0.15, 0.2) is 42.5 Å². The van der Waals surface area contributed by atoms with E-state index in [1.54, 1.807) is 37.3 Å². The molecule has 122 valence electrons. The van der Waals surface area contributed by atoms with E-state index >= 15 is 0 Å². The first-order valence-electron chi connectivity index (χ1n) is 6.98. The van der Waals surface area contributed by atoms with Crippen molar-refractivity contribution in [3.63, 3.8) is 0 Å². The van der Waals surface area contributed by atoms with Crippen molar-refractivity contribution in [2.24, 2.45) is 0 Å². The molecule has 0 aliphatic heterocycles. The number of carbonyl (C=O) groups is 1. The number of benzene rings is 2. The molecular weight excluding hydrogens is 337 g/mol. The molecule has 0 N–H and O–H groups in total. The Bertz CT molecular complexity index is 674. The third kappa shape index (κ3) is 4.78. The average molecular weight is 354 g/mol. The van der Waals surface area contributed by atoms with Gasteiger partial charge in [0.05, 0.1) is 24.2 Å². The van der Waals surface area contributed by atoms with Gasteiger partial charge < -0.3 is 14.4 Å². The molecule has 2 aromatic rings. The van der Waals surface area contributed by atoms with Gasteiger partial charge in [0.1, 0.15) is 18.1 Å². The van der Waals surface area contributed by atoms with Crippen molar-refractivity contribution in [3.05, 3.63) is 58.1 Å². The molecule has 6 heteroatoms. The Labute approximate surface area is 145 Å². The summed E-state index contributed by atoms with van der Waals surface area (Å²) in [5.41, 5.74) is 0.381. The van der Waals surface area contributed by atoms with E-state index in [-0.39, 0.29) is 5.91 Å². The van der Waals surface area contributed by atoms with Crippen LogP contribution in [0, 0.1) is 0 Å². The van der Waals surface area contributed by atoms with E-state index in [4.69, 9.17) is 32.7 Å². The Balaban J connectivity index is 1.89. The van der Waals surface area contributed by atoms with Gasteiger partial charge in [-0.3, -0.25) is 4.79 Å². The van der Waals surface area contributed by atoms with Gasteiger partial charge in [0.25, 0.3) is 5.91 Å². The van der Waals surface area contributed by atoms with Gasteiger partial charge in [-0.1, -0.05) is 23.2 Å². The molecule has 4 nitrogen and oxygen atoms in total. The molecule has 2 aromatic carbocycles. The zero-order valence-corrected chi connectivity index (χ0v) is 14.4. The molecular formula is C17H17Cl2NO3. The largest absolute Gasteiger partial charge is 0.497 e. The van der Waals surface area contributed by atoms with Gasteiger partial charge >= 0.3 is 0 Å². The molecule has 2 rings (SSSR count). The minimum atomic E-state index is -0.198. The highest BCUT2D eigenvalue weighted by Crippen LogP contribution is 2.22. The molecule has 0 heterocycles. The zero-order chi connectivity index (χ0) is 16.8. The first-order valence-corrected chi connectivity index (χ1v) is 7.74. The second kappa shape index (κ2) is 8.09. The standard InChI is InChI=1S/C17H17Cl2NO3/c1-20(17(21)15-11-12(18)3-8-16(15)19)9-10-23-14-6-4-13(22-2)5-7-14/h3-8,11H,9-10H2,1-2H3. The smallest absolute Gasteiger partial charge is 0.255 e. The summed E-state index contributed by atoms with van der Waals surface area (Å²) in [6.07, 6.45) is 0. The highest BCUT2D eigenvalue weighted by Gasteiger charge is 2.15. The summed E-state index contributed by atoms with van der Waals surface area (Å²) in [6, 6.07) is 12.1. The summed E-state index contributed by atoms with van der Waals surface area (Å²) in [7, 11) is 3.30. The summed E-state index contributed by atoms with van der Waals surface area (Å²) < 4.78 is 10.7. The van der Waals surface area contributed by atoms with E-state index in [1.165, 1.54) is 0 Å². The molecule has 0 unspecified atom stereocenters. The molecule has 0 aliphatic rings. The number of hydrogen-bond acceptors (Lipinski definition) is 3. The van der Waals surface area contributed by atoms with Crippen LogP contribution in [-0.2, 0) is 0 Å². The number of ether oxygens (including phenoxy) is 2. The molecule has 0 radical (unpaired) electrons. The van der Waals surface area contributed by atoms with Crippen molar-refractivity contribution in [2.75, 3.05) is 27.3 Å². The third-order valence-corrected chi connectivity index (χ3v) is 3.83. The van der Waals surface area contributed by atoms with Gasteiger partial charge in [-0.25, -0.2) is 0 Å². The lowest BCUT2D eigenvalue weighted by molar-refractivity contribution is 0.0774. The fourth-order valence-corrected chi connectivity index (χ4v) is 2.31. The van der Waals surface area contributed by atoms with Crippen molar-refractivity contribution in [1.82, 2.24) is 4.90 Å². The maximum absolute atomic E-state index is 12.4. The van der Waals surface area contributed by atoms with Crippen LogP contribution in [0.4, 0.5) is 0 Å². The number of rotatable bonds is 6. The monoisotopic (exact) mass is 353 g/mol. The topological polar surface area (TPSA) is 38.8 Å². The van der Waals surface area contributed by atoms with Crippen LogP contribution in [-0.4, -0.2) is 38.1 Å². The first kappa shape index (κ1) is 17.4. The number of amides is 1. The molecule has 23 heavy (non-hydrogen) atoms. The lowest BCUT2D eigenvalue weighted by Gasteiger charge is -2.18. The van der Waals surface area contributed by atoms with E-state index < -0.39 is 0 Å². The van der Waals surface area contributed by atoms with Crippen LogP contribution in [0.5, 0.6) is 11.5 Å². The normalized spacial score (nSPS) is 10.3. The highest BCUT2D eigenvalue weighted by atomic mass is 35.5. The van der Waals surface area contributed by atoms with E-state index in [9.17, 15) is 4.79 Å². The highest BCUT2D eigenvalue weighted by molar-refractivity contribution is 6.35. The molecule has 0 saturated heterocycles. The van der Waals surface area contributed by atoms with E-state index in [2.05, 4.69) is 0 Å². The molecule has 0 atom stereocenters. The molecule has 0 spiro atoms. The van der Waals surface area contributed by atoms with Gasteiger partial charge in [-0.15, -0.1) is 0 Å². The minimum Gasteiger partial charge on any atom is -0.497 e. The lowest BCUT2D eigenvalue weighted by Crippen LogP contribution is -2.31. The molecule has 1 amide bonds. The number of carbonyl (C=O) groups excluding carboxylic acids is 1. The van der Waals surface area contributed by atoms with Gasteiger partial charge in [0, 0.05) is 12.1 Å². The maximum Gasteiger partial charge on any atom is 0.255 e. The summed E-state index contributed by atoms with van der Waals surface area (Å²) in [5, 5.41) is 0.850. The second-order valence-electron chi connectivity index (χ2n) is 4.87. The van der Waals surface area contributed by atoms with Crippen molar-refractivity contribution >= 4 is 29.1 Å². The number of nitrogens with zero attached hydrogens (tertiary/aromatic N) is 1. The van der Waals surface area contributed by atoms with Gasteiger partial charge in [0.15, 0.2) is 0 Å². The minimum absolute atomic E-state index is 0.198. The average Bonchev–Trinajstić information content (AvgIpc) is 2.57. The van der Waals surface area contributed by atoms with E-state index in [0.29, 0.717) is 34.5 Å². The fraction of sp³-hybridized carbons (Fsp3) is 0.235. The van der Waals surface area contributed by atoms with Crippen molar-refractivity contribution in [2.45, 2.75) is 0 Å². The Kier molecular flexibility index (Phi) is 6.13. The van der Waals surface area contributed by atoms with Crippen LogP contribution in [0.25, 0.3) is 0 Å². The predicted molar refractivity (Wildman–Crippen MR) is 91.9 cm³/mol. The van der Waals surface area contributed by atoms with Crippen molar-refractivity contribution in [1.29, 1.82) is 0 Å². The summed E-state index contributed by atoms with van der Waals surface area (Å²) in [6.45, 7) is 0.792. The zero-order valence-electron chi connectivity index (χ0n) is 12.9. The third-order valence-electron chi connectivity index (χ3n) is 3.26. The SMILES string of the molecule is COc1ccc(OCCN(C)C(=O)c2cc(Cl)ccc2Cl)cc1. The summed E-state index contributed by atoms with van der Waals surface area (Å²) in [4.78, 5) is 13.9. The molecule has 0 bridgehead atoms. The second-order valence-corrected chi connectivity index (χ2v) is 5.72. The lowest BCUT2D eigenvalue weighted by atomic mass is 10.2. The van der Waals surface area contributed by atoms with Crippen molar-refractivity contribution in [3.8, 4) is 11.5 Å². The molecule has 0 aromatic heterocycles. The number of likely N-dealkylation sites (N-methyl/N-ethyl adjacent to an activating group) is 1. The number of hydrogen-bond donors (Lipinski definition) is 0. The Morgan fingerprint density at radius 3 is 2.39 bits per heavy atom. The quantitative estimate of drug-likeness (QED) is 0.782. The van der Waals surface area contributed by atoms with E-state index in [1.807, 2.05) is 24.3 Å². The fourth-order valence-electron chi connectivity index (χ4n) is 1.94. The number of methoxy groups -OCH3 is 1. The van der Waals surface area contributed by atoms with Crippen LogP contribution in [0.2, 0.25) is 10.0 Å². The summed E-state index contributed by atoms with van der Waals surface area (Å²) in [5.74, 6) is 1.28. The summed E-state index contributed by atoms with van der Waals surface area (Å²) >= 11 is 12.0. The van der Waals surface area contributed by atoms with Crippen molar-refractivity contribution < 1.29 is 14.3 Å². The first-order chi connectivity index (χ1) is 11.0. The van der Waals surface area contributed by atoms with Crippen LogP contribution >= 0.6 is 23.2 Å².